The number of carbonyl (C=O) groups is 1. The summed E-state index contributed by atoms with van der Waals surface area (Å²) in [5.41, 5.74) is 1.91. The Morgan fingerprint density at radius 3 is 2.47 bits per heavy atom. The predicted octanol–water partition coefficient (Wildman–Crippen LogP) is 3.89. The van der Waals surface area contributed by atoms with E-state index in [1.807, 2.05) is 13.0 Å². The third-order valence-corrected chi connectivity index (χ3v) is 7.28. The SMILES string of the molecule is Cc1ccc(S(=O)(=O)N2CCC(C(=O)N=Nc3c(O)[nH]c4ccccc34)CC2)cc1. The summed E-state index contributed by atoms with van der Waals surface area (Å²) in [4.78, 5) is 15.5. The minimum Gasteiger partial charge on any atom is -0.493 e. The van der Waals surface area contributed by atoms with Crippen molar-refractivity contribution in [2.75, 3.05) is 13.1 Å². The molecule has 4 rings (SSSR count). The standard InChI is InChI=1S/C21H22N4O4S/c1-14-6-8-16(9-7-14)30(28,29)25-12-10-15(11-13-25)20(26)24-23-19-17-4-2-3-5-18(17)22-21(19)27/h2-9,15,22,27H,10-13H2,1H3. The number of hydrogen-bond donors (Lipinski definition) is 2. The lowest BCUT2D eigenvalue weighted by Crippen LogP contribution is -2.39. The number of nitrogens with one attached hydrogen (secondary N) is 1. The maximum atomic E-state index is 12.8. The van der Waals surface area contributed by atoms with E-state index in [0.717, 1.165) is 5.56 Å². The molecule has 30 heavy (non-hydrogen) atoms. The monoisotopic (exact) mass is 426 g/mol. The van der Waals surface area contributed by atoms with Crippen LogP contribution in [0.2, 0.25) is 0 Å². The zero-order chi connectivity index (χ0) is 21.3. The Hall–Kier alpha value is -3.04. The number of azo groups is 1. The zero-order valence-electron chi connectivity index (χ0n) is 16.4. The largest absolute Gasteiger partial charge is 0.493 e. The van der Waals surface area contributed by atoms with Gasteiger partial charge < -0.3 is 10.1 Å². The molecule has 0 aliphatic carbocycles. The van der Waals surface area contributed by atoms with Gasteiger partial charge in [0.2, 0.25) is 15.9 Å². The van der Waals surface area contributed by atoms with Gasteiger partial charge in [-0.05, 0) is 38.0 Å². The van der Waals surface area contributed by atoms with E-state index in [1.54, 1.807) is 42.5 Å². The lowest BCUT2D eigenvalue weighted by molar-refractivity contribution is -0.123. The number of benzene rings is 2. The number of carbonyl (C=O) groups excluding carboxylic acids is 1. The summed E-state index contributed by atoms with van der Waals surface area (Å²) in [7, 11) is -3.57. The Kier molecular flexibility index (Phi) is 5.40. The summed E-state index contributed by atoms with van der Waals surface area (Å²) < 4.78 is 27.0. The van der Waals surface area contributed by atoms with Crippen molar-refractivity contribution in [1.82, 2.24) is 9.29 Å². The summed E-state index contributed by atoms with van der Waals surface area (Å²) in [6.45, 7) is 2.40. The van der Waals surface area contributed by atoms with Gasteiger partial charge in [0.05, 0.1) is 10.4 Å². The van der Waals surface area contributed by atoms with Crippen molar-refractivity contribution in [2.24, 2.45) is 16.1 Å². The molecule has 156 valence electrons. The smallest absolute Gasteiger partial charge is 0.267 e. The van der Waals surface area contributed by atoms with Crippen LogP contribution in [-0.4, -0.2) is 41.8 Å². The van der Waals surface area contributed by atoms with Crippen molar-refractivity contribution in [3.8, 4) is 5.88 Å². The molecule has 2 aromatic carbocycles. The van der Waals surface area contributed by atoms with Crippen molar-refractivity contribution in [1.29, 1.82) is 0 Å². The van der Waals surface area contributed by atoms with Gasteiger partial charge >= 0.3 is 0 Å². The van der Waals surface area contributed by atoms with Crippen LogP contribution in [0.15, 0.2) is 63.7 Å². The molecule has 3 aromatic rings. The number of sulfonamides is 1. The Morgan fingerprint density at radius 1 is 1.10 bits per heavy atom. The van der Waals surface area contributed by atoms with Gasteiger partial charge in [-0.15, -0.1) is 10.2 Å². The quantitative estimate of drug-likeness (QED) is 0.616. The Morgan fingerprint density at radius 2 is 1.77 bits per heavy atom. The number of amides is 1. The van der Waals surface area contributed by atoms with E-state index in [0.29, 0.717) is 23.7 Å². The van der Waals surface area contributed by atoms with Crippen molar-refractivity contribution < 1.29 is 18.3 Å². The summed E-state index contributed by atoms with van der Waals surface area (Å²) in [6.07, 6.45) is 0.756. The first-order valence-corrected chi connectivity index (χ1v) is 11.1. The minimum absolute atomic E-state index is 0.147. The Balaban J connectivity index is 1.42. The molecule has 0 bridgehead atoms. The lowest BCUT2D eigenvalue weighted by atomic mass is 9.98. The second kappa shape index (κ2) is 8.00. The average Bonchev–Trinajstić information content (AvgIpc) is 3.07. The van der Waals surface area contributed by atoms with Crippen LogP contribution in [0.3, 0.4) is 0 Å². The number of aromatic amines is 1. The number of nitrogens with zero attached hydrogens (tertiary/aromatic N) is 3. The molecule has 9 heteroatoms. The van der Waals surface area contributed by atoms with Crippen molar-refractivity contribution in [2.45, 2.75) is 24.7 Å². The third kappa shape index (κ3) is 3.86. The molecule has 8 nitrogen and oxygen atoms in total. The van der Waals surface area contributed by atoms with E-state index in [4.69, 9.17) is 0 Å². The number of para-hydroxylation sites is 1. The highest BCUT2D eigenvalue weighted by Crippen LogP contribution is 2.35. The number of hydrogen-bond acceptors (Lipinski definition) is 5. The number of piperidine rings is 1. The van der Waals surface area contributed by atoms with E-state index in [1.165, 1.54) is 4.31 Å². The second-order valence-corrected chi connectivity index (χ2v) is 9.34. The maximum absolute atomic E-state index is 12.8. The molecule has 1 aromatic heterocycles. The molecule has 1 amide bonds. The molecule has 0 spiro atoms. The number of fused-ring (bicyclic) bond motifs is 1. The van der Waals surface area contributed by atoms with Crippen LogP contribution >= 0.6 is 0 Å². The molecule has 2 N–H and O–H groups in total. The zero-order valence-corrected chi connectivity index (χ0v) is 17.3. The summed E-state index contributed by atoms with van der Waals surface area (Å²) in [6, 6.07) is 13.9. The van der Waals surface area contributed by atoms with Gasteiger partial charge in [-0.3, -0.25) is 4.79 Å². The summed E-state index contributed by atoms with van der Waals surface area (Å²) in [5, 5.41) is 18.4. The van der Waals surface area contributed by atoms with Crippen molar-refractivity contribution in [3.63, 3.8) is 0 Å². The van der Waals surface area contributed by atoms with Crippen molar-refractivity contribution in [3.05, 3.63) is 54.1 Å². The van der Waals surface area contributed by atoms with E-state index >= 15 is 0 Å². The molecule has 1 aliphatic heterocycles. The van der Waals surface area contributed by atoms with Gasteiger partial charge in [0.15, 0.2) is 5.69 Å². The second-order valence-electron chi connectivity index (χ2n) is 7.40. The predicted molar refractivity (Wildman–Crippen MR) is 112 cm³/mol. The van der Waals surface area contributed by atoms with Crippen LogP contribution in [0.1, 0.15) is 18.4 Å². The number of rotatable bonds is 4. The first-order chi connectivity index (χ1) is 14.4. The van der Waals surface area contributed by atoms with Crippen LogP contribution in [0.4, 0.5) is 5.69 Å². The fourth-order valence-electron chi connectivity index (χ4n) is 3.60. The Labute approximate surface area is 174 Å². The number of aryl methyl sites for hydroxylation is 1. The summed E-state index contributed by atoms with van der Waals surface area (Å²) in [5.74, 6) is -0.954. The van der Waals surface area contributed by atoms with E-state index in [-0.39, 0.29) is 29.6 Å². The van der Waals surface area contributed by atoms with Gasteiger partial charge in [0.1, 0.15) is 0 Å². The van der Waals surface area contributed by atoms with Crippen LogP contribution in [-0.2, 0) is 14.8 Å². The highest BCUT2D eigenvalue weighted by atomic mass is 32.2. The number of aromatic nitrogens is 1. The van der Waals surface area contributed by atoms with E-state index < -0.39 is 21.8 Å². The third-order valence-electron chi connectivity index (χ3n) is 5.37. The first-order valence-electron chi connectivity index (χ1n) is 9.68. The molecule has 0 saturated carbocycles. The van der Waals surface area contributed by atoms with Crippen LogP contribution in [0.25, 0.3) is 10.9 Å². The number of H-pyrrole nitrogens is 1. The Bertz CT molecular complexity index is 1210. The van der Waals surface area contributed by atoms with Gasteiger partial charge in [-0.25, -0.2) is 8.42 Å². The highest BCUT2D eigenvalue weighted by molar-refractivity contribution is 7.89. The fraction of sp³-hybridized carbons (Fsp3) is 0.286. The molecule has 0 radical (unpaired) electrons. The topological polar surface area (TPSA) is 115 Å². The molecular formula is C21H22N4O4S. The highest BCUT2D eigenvalue weighted by Gasteiger charge is 2.32. The van der Waals surface area contributed by atoms with E-state index in [2.05, 4.69) is 15.2 Å². The van der Waals surface area contributed by atoms with Crippen LogP contribution in [0.5, 0.6) is 5.88 Å². The van der Waals surface area contributed by atoms with Gasteiger partial charge in [-0.1, -0.05) is 35.9 Å². The molecule has 1 aliphatic rings. The van der Waals surface area contributed by atoms with Gasteiger partial charge in [0.25, 0.3) is 5.91 Å². The normalized spacial score (nSPS) is 16.4. The van der Waals surface area contributed by atoms with Crippen LogP contribution < -0.4 is 0 Å². The lowest BCUT2D eigenvalue weighted by Gasteiger charge is -2.29. The average molecular weight is 426 g/mol. The van der Waals surface area contributed by atoms with Gasteiger partial charge in [-0.2, -0.15) is 4.31 Å². The molecule has 1 fully saturated rings. The first kappa shape index (κ1) is 20.2. The molecule has 0 atom stereocenters. The summed E-state index contributed by atoms with van der Waals surface area (Å²) >= 11 is 0. The van der Waals surface area contributed by atoms with Gasteiger partial charge in [0, 0.05) is 24.4 Å². The van der Waals surface area contributed by atoms with Crippen molar-refractivity contribution >= 4 is 32.5 Å². The molecular weight excluding hydrogens is 404 g/mol. The van der Waals surface area contributed by atoms with E-state index in [9.17, 15) is 18.3 Å². The molecule has 2 heterocycles. The molecule has 1 saturated heterocycles. The van der Waals surface area contributed by atoms with Crippen LogP contribution in [0, 0.1) is 12.8 Å². The molecule has 0 unspecified atom stereocenters. The fourth-order valence-corrected chi connectivity index (χ4v) is 5.07. The number of aromatic hydroxyl groups is 1. The minimum atomic E-state index is -3.57. The maximum Gasteiger partial charge on any atom is 0.267 e.